The zero-order chi connectivity index (χ0) is 21.0. The van der Waals surface area contributed by atoms with Crippen LogP contribution in [-0.4, -0.2) is 52.8 Å². The number of urea groups is 1. The van der Waals surface area contributed by atoms with Crippen LogP contribution in [0.25, 0.3) is 5.69 Å². The minimum absolute atomic E-state index is 0.193. The standard InChI is InChI=1S/C21H24N5O3/c1-12(2)11-24-19(27)17-18(23(5)21(24)28)22-20-25(13(3)14(4)26(17)20)15-7-9-16(29-6)10-8-15/h7-10,17H,1,11H2,2-6H3/q+1. The molecule has 0 saturated carbocycles. The Morgan fingerprint density at radius 1 is 1.24 bits per heavy atom. The molecule has 29 heavy (non-hydrogen) atoms. The van der Waals surface area contributed by atoms with E-state index in [1.165, 1.54) is 9.80 Å². The molecule has 150 valence electrons. The largest absolute Gasteiger partial charge is 0.497 e. The van der Waals surface area contributed by atoms with Gasteiger partial charge in [-0.2, -0.15) is 4.57 Å². The fourth-order valence-electron chi connectivity index (χ4n) is 3.89. The summed E-state index contributed by atoms with van der Waals surface area (Å²) in [5, 5.41) is 0. The summed E-state index contributed by atoms with van der Waals surface area (Å²) in [6, 6.07) is 6.60. The molecule has 2 aliphatic heterocycles. The van der Waals surface area contributed by atoms with Gasteiger partial charge in [-0.25, -0.2) is 9.36 Å². The van der Waals surface area contributed by atoms with Crippen molar-refractivity contribution < 1.29 is 18.9 Å². The molecule has 0 N–H and O–H groups in total. The van der Waals surface area contributed by atoms with Crippen LogP contribution in [0.15, 0.2) is 41.4 Å². The first kappa shape index (κ1) is 18.9. The summed E-state index contributed by atoms with van der Waals surface area (Å²) in [7, 11) is 3.28. The van der Waals surface area contributed by atoms with Crippen LogP contribution in [0.4, 0.5) is 10.7 Å². The van der Waals surface area contributed by atoms with E-state index in [4.69, 9.17) is 9.73 Å². The Morgan fingerprint density at radius 3 is 2.48 bits per heavy atom. The number of imidazole rings is 1. The first-order valence-corrected chi connectivity index (χ1v) is 9.36. The quantitative estimate of drug-likeness (QED) is 0.591. The number of carbonyl (C=O) groups excluding carboxylic acids is 2. The third kappa shape index (κ3) is 2.66. The molecule has 1 unspecified atom stereocenters. The molecule has 3 amide bonds. The number of carbonyl (C=O) groups is 2. The van der Waals surface area contributed by atoms with E-state index >= 15 is 0 Å². The second-order valence-corrected chi connectivity index (χ2v) is 7.47. The third-order valence-corrected chi connectivity index (χ3v) is 5.47. The fraction of sp³-hybridized carbons (Fsp3) is 0.333. The Morgan fingerprint density at radius 2 is 1.90 bits per heavy atom. The molecule has 0 aliphatic carbocycles. The van der Waals surface area contributed by atoms with Gasteiger partial charge in [-0.1, -0.05) is 17.1 Å². The van der Waals surface area contributed by atoms with Crippen molar-refractivity contribution in [2.75, 3.05) is 20.7 Å². The molecular weight excluding hydrogens is 370 g/mol. The van der Waals surface area contributed by atoms with Crippen LogP contribution in [0, 0.1) is 13.8 Å². The summed E-state index contributed by atoms with van der Waals surface area (Å²) in [4.78, 5) is 33.4. The molecule has 1 fully saturated rings. The van der Waals surface area contributed by atoms with Crippen molar-refractivity contribution in [3.8, 4) is 11.4 Å². The zero-order valence-corrected chi connectivity index (χ0v) is 17.3. The smallest absolute Gasteiger partial charge is 0.407 e. The molecular formula is C21H24N5O3+. The van der Waals surface area contributed by atoms with Crippen molar-refractivity contribution >= 4 is 23.7 Å². The van der Waals surface area contributed by atoms with Gasteiger partial charge < -0.3 is 4.74 Å². The summed E-state index contributed by atoms with van der Waals surface area (Å²) in [6.45, 7) is 9.79. The van der Waals surface area contributed by atoms with Gasteiger partial charge in [0.1, 0.15) is 22.8 Å². The number of amidine groups is 1. The highest BCUT2D eigenvalue weighted by atomic mass is 16.5. The molecule has 1 atom stereocenters. The Balaban J connectivity index is 1.87. The lowest BCUT2D eigenvalue weighted by atomic mass is 10.1. The average Bonchev–Trinajstić information content (AvgIpc) is 3.19. The third-order valence-electron chi connectivity index (χ3n) is 5.47. The number of methoxy groups -OCH3 is 1. The molecule has 0 spiro atoms. The van der Waals surface area contributed by atoms with Gasteiger partial charge in [-0.3, -0.25) is 14.6 Å². The molecule has 1 aromatic heterocycles. The number of aliphatic imine (C=N–C) groups is 1. The number of rotatable bonds is 4. The lowest BCUT2D eigenvalue weighted by Gasteiger charge is -2.33. The van der Waals surface area contributed by atoms with Crippen molar-refractivity contribution in [2.45, 2.75) is 26.8 Å². The number of imide groups is 1. The molecule has 0 radical (unpaired) electrons. The fourth-order valence-corrected chi connectivity index (χ4v) is 3.89. The molecule has 0 bridgehead atoms. The maximum Gasteiger partial charge on any atom is 0.407 e. The van der Waals surface area contributed by atoms with Gasteiger partial charge in [-0.15, -0.1) is 0 Å². The average molecular weight is 394 g/mol. The molecule has 2 aromatic rings. The van der Waals surface area contributed by atoms with Gasteiger partial charge in [0, 0.05) is 7.05 Å². The Hall–Kier alpha value is -3.42. The minimum Gasteiger partial charge on any atom is -0.497 e. The number of aromatic nitrogens is 2. The van der Waals surface area contributed by atoms with Gasteiger partial charge in [-0.05, 0) is 45.0 Å². The van der Waals surface area contributed by atoms with Crippen molar-refractivity contribution in [1.29, 1.82) is 0 Å². The molecule has 2 aliphatic rings. The number of nitrogens with zero attached hydrogens (tertiary/aromatic N) is 5. The van der Waals surface area contributed by atoms with Crippen LogP contribution in [0.1, 0.15) is 24.4 Å². The Bertz CT molecular complexity index is 1080. The van der Waals surface area contributed by atoms with Gasteiger partial charge in [0.15, 0.2) is 0 Å². The zero-order valence-electron chi connectivity index (χ0n) is 17.3. The summed E-state index contributed by atoms with van der Waals surface area (Å²) in [6.07, 6.45) is 0. The lowest BCUT2D eigenvalue weighted by Crippen LogP contribution is -2.63. The number of hydrogen-bond acceptors (Lipinski definition) is 4. The summed E-state index contributed by atoms with van der Waals surface area (Å²) < 4.78 is 9.15. The Labute approximate surface area is 169 Å². The summed E-state index contributed by atoms with van der Waals surface area (Å²) in [5.41, 5.74) is 3.55. The first-order chi connectivity index (χ1) is 13.8. The molecule has 3 heterocycles. The van der Waals surface area contributed by atoms with Gasteiger partial charge in [0.25, 0.3) is 5.91 Å². The number of fused-ring (bicyclic) bond motifs is 3. The number of ether oxygens (including phenoxy) is 1. The van der Waals surface area contributed by atoms with E-state index in [1.54, 1.807) is 21.1 Å². The van der Waals surface area contributed by atoms with Crippen LogP contribution < -0.4 is 9.30 Å². The molecule has 1 saturated heterocycles. The normalized spacial score (nSPS) is 18.0. The monoisotopic (exact) mass is 394 g/mol. The van der Waals surface area contributed by atoms with Crippen molar-refractivity contribution in [3.05, 3.63) is 47.8 Å². The molecule has 4 rings (SSSR count). The highest BCUT2D eigenvalue weighted by Gasteiger charge is 2.54. The van der Waals surface area contributed by atoms with E-state index in [0.29, 0.717) is 11.8 Å². The van der Waals surface area contributed by atoms with Gasteiger partial charge in [0.05, 0.1) is 13.7 Å². The van der Waals surface area contributed by atoms with Gasteiger partial charge >= 0.3 is 12.0 Å². The maximum absolute atomic E-state index is 13.3. The second-order valence-electron chi connectivity index (χ2n) is 7.47. The van der Waals surface area contributed by atoms with Crippen molar-refractivity contribution in [2.24, 2.45) is 4.99 Å². The number of likely N-dealkylation sites (N-methyl/N-ethyl adjacent to an activating group) is 1. The predicted octanol–water partition coefficient (Wildman–Crippen LogP) is 2.45. The second kappa shape index (κ2) is 6.58. The van der Waals surface area contributed by atoms with Crippen molar-refractivity contribution in [1.82, 2.24) is 14.4 Å². The van der Waals surface area contributed by atoms with E-state index in [1.807, 2.05) is 47.2 Å². The first-order valence-electron chi connectivity index (χ1n) is 9.36. The molecule has 8 nitrogen and oxygen atoms in total. The summed E-state index contributed by atoms with van der Waals surface area (Å²) in [5.74, 6) is 1.54. The number of benzene rings is 1. The van der Waals surface area contributed by atoms with E-state index < -0.39 is 6.04 Å². The summed E-state index contributed by atoms with van der Waals surface area (Å²) >= 11 is 0. The lowest BCUT2D eigenvalue weighted by molar-refractivity contribution is -0.682. The van der Waals surface area contributed by atoms with E-state index in [-0.39, 0.29) is 18.5 Å². The van der Waals surface area contributed by atoms with E-state index in [2.05, 4.69) is 6.58 Å². The SMILES string of the molecule is C=C(C)CN1C(=O)C2C(=Nc3n(-c4ccc(OC)cc4)c(C)c(C)[n+]32)N(C)C1=O. The van der Waals surface area contributed by atoms with Crippen LogP contribution >= 0.6 is 0 Å². The van der Waals surface area contributed by atoms with Crippen LogP contribution in [0.3, 0.4) is 0 Å². The van der Waals surface area contributed by atoms with E-state index in [0.717, 1.165) is 28.4 Å². The van der Waals surface area contributed by atoms with Crippen molar-refractivity contribution in [3.63, 3.8) is 0 Å². The molecule has 1 aromatic carbocycles. The number of hydrogen-bond donors (Lipinski definition) is 0. The van der Waals surface area contributed by atoms with E-state index in [9.17, 15) is 9.59 Å². The van der Waals surface area contributed by atoms with Crippen LogP contribution in [-0.2, 0) is 4.79 Å². The highest BCUT2D eigenvalue weighted by molar-refractivity contribution is 6.19. The topological polar surface area (TPSA) is 71.0 Å². The van der Waals surface area contributed by atoms with Crippen LogP contribution in [0.5, 0.6) is 5.75 Å². The molecule has 8 heteroatoms. The predicted molar refractivity (Wildman–Crippen MR) is 108 cm³/mol. The maximum atomic E-state index is 13.3. The highest BCUT2D eigenvalue weighted by Crippen LogP contribution is 2.33. The van der Waals surface area contributed by atoms with Crippen LogP contribution in [0.2, 0.25) is 0 Å². The Kier molecular flexibility index (Phi) is 4.29. The number of amides is 3. The minimum atomic E-state index is -0.662. The van der Waals surface area contributed by atoms with Gasteiger partial charge in [0.2, 0.25) is 11.9 Å².